The van der Waals surface area contributed by atoms with Gasteiger partial charge in [-0.05, 0) is 18.8 Å². The van der Waals surface area contributed by atoms with Crippen LogP contribution in [0.15, 0.2) is 4.99 Å². The molecule has 0 bridgehead atoms. The molecule has 7 nitrogen and oxygen atoms in total. The Morgan fingerprint density at radius 3 is 2.67 bits per heavy atom. The molecule has 2 unspecified atom stereocenters. The van der Waals surface area contributed by atoms with Crippen LogP contribution in [0, 0.1) is 5.92 Å². The summed E-state index contributed by atoms with van der Waals surface area (Å²) in [6.45, 7) is 7.45. The van der Waals surface area contributed by atoms with Crippen molar-refractivity contribution in [2.75, 3.05) is 60.0 Å². The van der Waals surface area contributed by atoms with Crippen LogP contribution < -0.4 is 10.6 Å². The van der Waals surface area contributed by atoms with Crippen LogP contribution in [0.4, 0.5) is 0 Å². The van der Waals surface area contributed by atoms with E-state index in [0.29, 0.717) is 25.7 Å². The minimum atomic E-state index is 0.0726. The maximum atomic E-state index is 11.9. The summed E-state index contributed by atoms with van der Waals surface area (Å²) in [7, 11) is 3.49. The molecule has 7 heteroatoms. The van der Waals surface area contributed by atoms with Gasteiger partial charge in [0.05, 0.1) is 13.2 Å². The zero-order valence-electron chi connectivity index (χ0n) is 15.4. The van der Waals surface area contributed by atoms with E-state index in [4.69, 9.17) is 4.74 Å². The Kier molecular flexibility index (Phi) is 7.78. The number of nitrogens with one attached hydrogen (secondary N) is 2. The van der Waals surface area contributed by atoms with E-state index in [9.17, 15) is 4.79 Å². The summed E-state index contributed by atoms with van der Waals surface area (Å²) in [6.07, 6.45) is 3.83. The van der Waals surface area contributed by atoms with Crippen molar-refractivity contribution in [1.82, 2.24) is 20.4 Å². The highest BCUT2D eigenvalue weighted by Crippen LogP contribution is 2.34. The minimum absolute atomic E-state index is 0.0726. The SMILES string of the molecule is CCCC1CC1NC(=NC)N1CCN(CC(=O)NCCOC)CC1. The van der Waals surface area contributed by atoms with Crippen LogP contribution in [0.3, 0.4) is 0 Å². The Labute approximate surface area is 145 Å². The monoisotopic (exact) mass is 339 g/mol. The lowest BCUT2D eigenvalue weighted by atomic mass is 10.2. The van der Waals surface area contributed by atoms with Crippen LogP contribution in [-0.2, 0) is 9.53 Å². The molecule has 1 aliphatic carbocycles. The zero-order valence-corrected chi connectivity index (χ0v) is 15.4. The summed E-state index contributed by atoms with van der Waals surface area (Å²) in [5.41, 5.74) is 0. The van der Waals surface area contributed by atoms with Crippen molar-refractivity contribution in [2.24, 2.45) is 10.9 Å². The number of carbonyl (C=O) groups excluding carboxylic acids is 1. The van der Waals surface area contributed by atoms with E-state index in [2.05, 4.69) is 32.3 Å². The largest absolute Gasteiger partial charge is 0.383 e. The first-order valence-corrected chi connectivity index (χ1v) is 9.14. The molecule has 0 aromatic rings. The van der Waals surface area contributed by atoms with Crippen LogP contribution in [0.25, 0.3) is 0 Å². The van der Waals surface area contributed by atoms with Crippen molar-refractivity contribution in [2.45, 2.75) is 32.2 Å². The number of aliphatic imine (C=N–C) groups is 1. The molecule has 138 valence electrons. The number of hydrogen-bond acceptors (Lipinski definition) is 4. The number of rotatable bonds is 8. The number of hydrogen-bond donors (Lipinski definition) is 2. The van der Waals surface area contributed by atoms with Crippen molar-refractivity contribution in [3.05, 3.63) is 0 Å². The van der Waals surface area contributed by atoms with Crippen molar-refractivity contribution >= 4 is 11.9 Å². The molecule has 1 saturated carbocycles. The summed E-state index contributed by atoms with van der Waals surface area (Å²) < 4.78 is 4.94. The minimum Gasteiger partial charge on any atom is -0.383 e. The van der Waals surface area contributed by atoms with E-state index >= 15 is 0 Å². The lowest BCUT2D eigenvalue weighted by molar-refractivity contribution is -0.122. The molecule has 0 radical (unpaired) electrons. The molecule has 0 aromatic carbocycles. The average Bonchev–Trinajstić information content (AvgIpc) is 3.32. The fraction of sp³-hybridized carbons (Fsp3) is 0.882. The molecular weight excluding hydrogens is 306 g/mol. The van der Waals surface area contributed by atoms with E-state index in [-0.39, 0.29) is 5.91 Å². The van der Waals surface area contributed by atoms with Gasteiger partial charge >= 0.3 is 0 Å². The molecule has 0 aromatic heterocycles. The van der Waals surface area contributed by atoms with Gasteiger partial charge < -0.3 is 20.3 Å². The molecule has 2 fully saturated rings. The Balaban J connectivity index is 1.66. The molecule has 1 heterocycles. The van der Waals surface area contributed by atoms with Gasteiger partial charge in [0.1, 0.15) is 0 Å². The second-order valence-corrected chi connectivity index (χ2v) is 6.69. The highest BCUT2D eigenvalue weighted by atomic mass is 16.5. The summed E-state index contributed by atoms with van der Waals surface area (Å²) >= 11 is 0. The van der Waals surface area contributed by atoms with E-state index in [1.54, 1.807) is 7.11 Å². The number of ether oxygens (including phenoxy) is 1. The molecule has 2 N–H and O–H groups in total. The van der Waals surface area contributed by atoms with Crippen LogP contribution in [0.5, 0.6) is 0 Å². The number of piperazine rings is 1. The number of amides is 1. The van der Waals surface area contributed by atoms with Crippen molar-refractivity contribution in [1.29, 1.82) is 0 Å². The lowest BCUT2D eigenvalue weighted by Crippen LogP contribution is -2.54. The highest BCUT2D eigenvalue weighted by molar-refractivity contribution is 5.81. The Bertz CT molecular complexity index is 421. The molecule has 1 amide bonds. The van der Waals surface area contributed by atoms with Crippen molar-refractivity contribution in [3.63, 3.8) is 0 Å². The quantitative estimate of drug-likeness (QED) is 0.374. The third-order valence-electron chi connectivity index (χ3n) is 4.78. The fourth-order valence-corrected chi connectivity index (χ4v) is 3.25. The molecule has 24 heavy (non-hydrogen) atoms. The normalized spacial score (nSPS) is 24.8. The van der Waals surface area contributed by atoms with Gasteiger partial charge in [-0.15, -0.1) is 0 Å². The van der Waals surface area contributed by atoms with Gasteiger partial charge in [0.25, 0.3) is 0 Å². The Hall–Kier alpha value is -1.34. The van der Waals surface area contributed by atoms with Crippen LogP contribution in [-0.4, -0.2) is 87.7 Å². The third-order valence-corrected chi connectivity index (χ3v) is 4.78. The summed E-state index contributed by atoms with van der Waals surface area (Å²) in [5, 5.41) is 6.47. The number of guanidine groups is 1. The van der Waals surface area contributed by atoms with Gasteiger partial charge in [-0.2, -0.15) is 0 Å². The Morgan fingerprint density at radius 2 is 2.04 bits per heavy atom. The highest BCUT2D eigenvalue weighted by Gasteiger charge is 2.37. The molecule has 1 aliphatic heterocycles. The second-order valence-electron chi connectivity index (χ2n) is 6.69. The first-order chi connectivity index (χ1) is 11.7. The molecule has 1 saturated heterocycles. The standard InChI is InChI=1S/C17H33N5O2/c1-4-5-14-12-15(14)20-17(18-2)22-9-7-21(8-10-22)13-16(23)19-6-11-24-3/h14-15H,4-13H2,1-3H3,(H,18,20)(H,19,23). The van der Waals surface area contributed by atoms with Gasteiger partial charge in [-0.1, -0.05) is 13.3 Å². The summed E-state index contributed by atoms with van der Waals surface area (Å²) in [6, 6.07) is 0.605. The topological polar surface area (TPSA) is 69.2 Å². The van der Waals surface area contributed by atoms with Gasteiger partial charge in [-0.3, -0.25) is 14.7 Å². The van der Waals surface area contributed by atoms with Gasteiger partial charge in [0.2, 0.25) is 5.91 Å². The van der Waals surface area contributed by atoms with E-state index in [1.807, 2.05) is 7.05 Å². The number of methoxy groups -OCH3 is 1. The van der Waals surface area contributed by atoms with E-state index in [1.165, 1.54) is 19.3 Å². The van der Waals surface area contributed by atoms with Gasteiger partial charge in [0, 0.05) is 52.9 Å². The third kappa shape index (κ3) is 5.94. The van der Waals surface area contributed by atoms with Crippen molar-refractivity contribution < 1.29 is 9.53 Å². The number of carbonyl (C=O) groups is 1. The maximum Gasteiger partial charge on any atom is 0.234 e. The fourth-order valence-electron chi connectivity index (χ4n) is 3.25. The molecule has 0 spiro atoms. The van der Waals surface area contributed by atoms with Crippen molar-refractivity contribution in [3.8, 4) is 0 Å². The van der Waals surface area contributed by atoms with E-state index < -0.39 is 0 Å². The number of nitrogens with zero attached hydrogens (tertiary/aromatic N) is 3. The second kappa shape index (κ2) is 9.84. The summed E-state index contributed by atoms with van der Waals surface area (Å²) in [5.74, 6) is 1.91. The lowest BCUT2D eigenvalue weighted by Gasteiger charge is -2.36. The first kappa shape index (κ1) is 19.0. The van der Waals surface area contributed by atoms with Crippen LogP contribution in [0.2, 0.25) is 0 Å². The molecule has 2 atom stereocenters. The summed E-state index contributed by atoms with van der Waals surface area (Å²) in [4.78, 5) is 20.8. The molecular formula is C17H33N5O2. The molecule has 2 aliphatic rings. The van der Waals surface area contributed by atoms with Crippen LogP contribution >= 0.6 is 0 Å². The molecule has 2 rings (SSSR count). The smallest absolute Gasteiger partial charge is 0.234 e. The van der Waals surface area contributed by atoms with Gasteiger partial charge in [-0.25, -0.2) is 0 Å². The average molecular weight is 339 g/mol. The maximum absolute atomic E-state index is 11.9. The van der Waals surface area contributed by atoms with E-state index in [0.717, 1.165) is 38.1 Å². The predicted octanol–water partition coefficient (Wildman–Crippen LogP) is 0.131. The van der Waals surface area contributed by atoms with Gasteiger partial charge in [0.15, 0.2) is 5.96 Å². The predicted molar refractivity (Wildman–Crippen MR) is 96.2 cm³/mol. The Morgan fingerprint density at radius 1 is 1.29 bits per heavy atom. The zero-order chi connectivity index (χ0) is 17.4. The first-order valence-electron chi connectivity index (χ1n) is 9.14. The van der Waals surface area contributed by atoms with Crippen LogP contribution in [0.1, 0.15) is 26.2 Å².